The number of carbonyl (C=O) groups excluding carboxylic acids is 1. The number of halogens is 1. The van der Waals surface area contributed by atoms with E-state index >= 15 is 0 Å². The van der Waals surface area contributed by atoms with Crippen LogP contribution in [0.3, 0.4) is 0 Å². The van der Waals surface area contributed by atoms with Crippen molar-refractivity contribution in [3.63, 3.8) is 0 Å². The van der Waals surface area contributed by atoms with Gasteiger partial charge in [0, 0.05) is 12.6 Å². The monoisotopic (exact) mass is 335 g/mol. The normalized spacial score (nSPS) is 15.4. The highest BCUT2D eigenvalue weighted by atomic mass is 32.2. The summed E-state index contributed by atoms with van der Waals surface area (Å²) in [6.45, 7) is 1.81. The summed E-state index contributed by atoms with van der Waals surface area (Å²) in [7, 11) is 1.68. The number of hydrogen-bond donors (Lipinski definition) is 0. The van der Waals surface area contributed by atoms with E-state index in [1.54, 1.807) is 34.8 Å². The fourth-order valence-electron chi connectivity index (χ4n) is 2.30. The first-order valence-electron chi connectivity index (χ1n) is 7.48. The molecule has 0 spiro atoms. The maximum Gasteiger partial charge on any atom is 0.233 e. The predicted octanol–water partition coefficient (Wildman–Crippen LogP) is 2.46. The summed E-state index contributed by atoms with van der Waals surface area (Å²) in [4.78, 5) is 13.9. The number of thioether (sulfide) groups is 1. The average Bonchev–Trinajstić information content (AvgIpc) is 3.30. The first-order chi connectivity index (χ1) is 11.1. The third-order valence-corrected chi connectivity index (χ3v) is 4.93. The van der Waals surface area contributed by atoms with Crippen LogP contribution < -0.4 is 0 Å². The molecular formula is C15H18FN5OS. The summed E-state index contributed by atoms with van der Waals surface area (Å²) in [5, 5.41) is 12.2. The van der Waals surface area contributed by atoms with Gasteiger partial charge in [0.1, 0.15) is 5.82 Å². The molecular weight excluding hydrogens is 317 g/mol. The number of amides is 1. The number of tetrazole rings is 1. The topological polar surface area (TPSA) is 63.9 Å². The number of benzene rings is 1. The summed E-state index contributed by atoms with van der Waals surface area (Å²) >= 11 is 1.32. The Balaban J connectivity index is 1.61. The predicted molar refractivity (Wildman–Crippen MR) is 84.4 cm³/mol. The lowest BCUT2D eigenvalue weighted by molar-refractivity contribution is -0.128. The lowest BCUT2D eigenvalue weighted by atomic mass is 10.1. The van der Waals surface area contributed by atoms with Gasteiger partial charge in [-0.3, -0.25) is 4.79 Å². The molecule has 8 heteroatoms. The Hall–Kier alpha value is -1.96. The molecule has 3 rings (SSSR count). The van der Waals surface area contributed by atoms with E-state index < -0.39 is 0 Å². The SMILES string of the molecule is CC(c1ccccc1F)N(C)C(=O)CSc1nnnn1C1CC1. The Labute approximate surface area is 138 Å². The number of nitrogens with zero attached hydrogens (tertiary/aromatic N) is 5. The van der Waals surface area contributed by atoms with E-state index in [0.29, 0.717) is 16.8 Å². The van der Waals surface area contributed by atoms with Crippen molar-refractivity contribution in [3.8, 4) is 0 Å². The zero-order valence-electron chi connectivity index (χ0n) is 13.0. The van der Waals surface area contributed by atoms with Gasteiger partial charge in [0.15, 0.2) is 0 Å². The quantitative estimate of drug-likeness (QED) is 0.759. The van der Waals surface area contributed by atoms with Gasteiger partial charge in [-0.05, 0) is 36.3 Å². The van der Waals surface area contributed by atoms with Crippen LogP contribution in [0.1, 0.15) is 37.4 Å². The van der Waals surface area contributed by atoms with E-state index in [9.17, 15) is 9.18 Å². The zero-order chi connectivity index (χ0) is 16.4. The molecule has 122 valence electrons. The lowest BCUT2D eigenvalue weighted by Crippen LogP contribution is -2.31. The number of carbonyl (C=O) groups is 1. The van der Waals surface area contributed by atoms with Crippen LogP contribution in [0, 0.1) is 5.82 Å². The third kappa shape index (κ3) is 3.52. The maximum atomic E-state index is 13.8. The molecule has 1 aliphatic rings. The zero-order valence-corrected chi connectivity index (χ0v) is 13.8. The first kappa shape index (κ1) is 15.9. The third-order valence-electron chi connectivity index (χ3n) is 4.01. The van der Waals surface area contributed by atoms with Gasteiger partial charge >= 0.3 is 0 Å². The molecule has 1 aromatic carbocycles. The molecule has 1 unspecified atom stereocenters. The fourth-order valence-corrected chi connectivity index (χ4v) is 3.16. The Morgan fingerprint density at radius 3 is 2.91 bits per heavy atom. The molecule has 1 amide bonds. The molecule has 23 heavy (non-hydrogen) atoms. The number of hydrogen-bond acceptors (Lipinski definition) is 5. The Morgan fingerprint density at radius 1 is 1.48 bits per heavy atom. The Morgan fingerprint density at radius 2 is 2.22 bits per heavy atom. The Kier molecular flexibility index (Phi) is 4.61. The largest absolute Gasteiger partial charge is 0.338 e. The van der Waals surface area contributed by atoms with Crippen LogP contribution in [0.2, 0.25) is 0 Å². The van der Waals surface area contributed by atoms with Gasteiger partial charge in [0.25, 0.3) is 0 Å². The summed E-state index contributed by atoms with van der Waals surface area (Å²) in [6.07, 6.45) is 2.16. The van der Waals surface area contributed by atoms with Crippen LogP contribution in [0.15, 0.2) is 29.4 Å². The molecule has 0 bridgehead atoms. The molecule has 1 fully saturated rings. The van der Waals surface area contributed by atoms with Crippen molar-refractivity contribution in [3.05, 3.63) is 35.6 Å². The second-order valence-corrected chi connectivity index (χ2v) is 6.57. The minimum atomic E-state index is -0.330. The molecule has 1 atom stereocenters. The molecule has 0 aliphatic heterocycles. The van der Waals surface area contributed by atoms with Gasteiger partial charge in [-0.2, -0.15) is 0 Å². The van der Waals surface area contributed by atoms with Gasteiger partial charge in [0.05, 0.1) is 17.8 Å². The van der Waals surface area contributed by atoms with Crippen molar-refractivity contribution in [2.45, 2.75) is 37.0 Å². The van der Waals surface area contributed by atoms with Gasteiger partial charge < -0.3 is 4.90 Å². The summed E-state index contributed by atoms with van der Waals surface area (Å²) < 4.78 is 15.6. The lowest BCUT2D eigenvalue weighted by Gasteiger charge is -2.25. The highest BCUT2D eigenvalue weighted by molar-refractivity contribution is 7.99. The van der Waals surface area contributed by atoms with Gasteiger partial charge in [0.2, 0.25) is 11.1 Å². The van der Waals surface area contributed by atoms with Crippen LogP contribution in [-0.2, 0) is 4.79 Å². The minimum Gasteiger partial charge on any atom is -0.338 e. The fraction of sp³-hybridized carbons (Fsp3) is 0.467. The van der Waals surface area contributed by atoms with E-state index in [1.165, 1.54) is 17.8 Å². The van der Waals surface area contributed by atoms with Gasteiger partial charge in [-0.25, -0.2) is 9.07 Å². The van der Waals surface area contributed by atoms with E-state index in [1.807, 2.05) is 6.92 Å². The minimum absolute atomic E-state index is 0.0869. The average molecular weight is 335 g/mol. The van der Waals surface area contributed by atoms with Gasteiger partial charge in [-0.15, -0.1) is 5.10 Å². The van der Waals surface area contributed by atoms with Crippen molar-refractivity contribution >= 4 is 17.7 Å². The molecule has 0 N–H and O–H groups in total. The number of rotatable bonds is 6. The summed E-state index contributed by atoms with van der Waals surface area (Å²) in [6, 6.07) is 6.56. The molecule has 0 saturated heterocycles. The standard InChI is InChI=1S/C15H18FN5OS/c1-10(12-5-3-4-6-13(12)16)20(2)14(22)9-23-15-17-18-19-21(15)11-7-8-11/h3-6,10-11H,7-9H2,1-2H3. The van der Waals surface area contributed by atoms with Crippen LogP contribution in [0.5, 0.6) is 0 Å². The van der Waals surface area contributed by atoms with E-state index in [2.05, 4.69) is 15.5 Å². The van der Waals surface area contributed by atoms with Crippen molar-refractivity contribution in [2.24, 2.45) is 0 Å². The summed E-state index contributed by atoms with van der Waals surface area (Å²) in [5.74, 6) is -0.163. The molecule has 6 nitrogen and oxygen atoms in total. The van der Waals surface area contributed by atoms with Crippen molar-refractivity contribution < 1.29 is 9.18 Å². The second kappa shape index (κ2) is 6.66. The van der Waals surface area contributed by atoms with Crippen molar-refractivity contribution in [1.82, 2.24) is 25.1 Å². The molecule has 2 aromatic rings. The molecule has 1 aliphatic carbocycles. The highest BCUT2D eigenvalue weighted by Gasteiger charge is 2.28. The summed E-state index contributed by atoms with van der Waals surface area (Å²) in [5.41, 5.74) is 0.510. The van der Waals surface area contributed by atoms with Crippen LogP contribution in [-0.4, -0.2) is 43.8 Å². The molecule has 1 saturated carbocycles. The smallest absolute Gasteiger partial charge is 0.233 e. The van der Waals surface area contributed by atoms with Crippen molar-refractivity contribution in [1.29, 1.82) is 0 Å². The molecule has 1 aromatic heterocycles. The van der Waals surface area contributed by atoms with E-state index in [-0.39, 0.29) is 23.5 Å². The van der Waals surface area contributed by atoms with Crippen LogP contribution in [0.4, 0.5) is 4.39 Å². The number of aromatic nitrogens is 4. The Bertz CT molecular complexity index is 703. The second-order valence-electron chi connectivity index (χ2n) is 5.63. The van der Waals surface area contributed by atoms with Gasteiger partial charge in [-0.1, -0.05) is 30.0 Å². The maximum absolute atomic E-state index is 13.8. The van der Waals surface area contributed by atoms with Crippen LogP contribution >= 0.6 is 11.8 Å². The van der Waals surface area contributed by atoms with E-state index in [4.69, 9.17) is 0 Å². The molecule has 0 radical (unpaired) electrons. The van der Waals surface area contributed by atoms with Crippen molar-refractivity contribution in [2.75, 3.05) is 12.8 Å². The highest BCUT2D eigenvalue weighted by Crippen LogP contribution is 2.36. The molecule has 1 heterocycles. The van der Waals surface area contributed by atoms with Crippen LogP contribution in [0.25, 0.3) is 0 Å². The van der Waals surface area contributed by atoms with E-state index in [0.717, 1.165) is 12.8 Å². The first-order valence-corrected chi connectivity index (χ1v) is 8.47.